The SMILES string of the molecule is CCC1(O)CC2CN(CCc3c([nH]c4ccccc34)[C@@](C(=O)OC)(c3cc4c(cc3OC)N(C)C3C45CCN4CC=C[C@](CC)(C45)[C@@H](O)[C@]3(O)C(=O)NCCCOC(=O)C(C)NCCC(N)C(=O)O)C2)C1. The van der Waals surface area contributed by atoms with Crippen LogP contribution in [0.5, 0.6) is 5.75 Å². The molecule has 1 aromatic heterocycles. The number of anilines is 1. The van der Waals surface area contributed by atoms with E-state index in [4.69, 9.17) is 25.1 Å². The number of benzene rings is 2. The predicted molar refractivity (Wildman–Crippen MR) is 265 cm³/mol. The van der Waals surface area contributed by atoms with Gasteiger partial charge in [-0.3, -0.25) is 29.0 Å². The monoisotopic (exact) mass is 984 g/mol. The lowest BCUT2D eigenvalue weighted by atomic mass is 9.47. The number of rotatable bonds is 16. The summed E-state index contributed by atoms with van der Waals surface area (Å²) in [6.07, 6.45) is 5.72. The van der Waals surface area contributed by atoms with Gasteiger partial charge in [0.1, 0.15) is 29.4 Å². The maximum absolute atomic E-state index is 15.5. The number of methoxy groups -OCH3 is 2. The van der Waals surface area contributed by atoms with E-state index in [-0.39, 0.29) is 44.5 Å². The minimum Gasteiger partial charge on any atom is -0.496 e. The average Bonchev–Trinajstić information content (AvgIpc) is 4.03. The van der Waals surface area contributed by atoms with Gasteiger partial charge in [0, 0.05) is 90.6 Å². The second kappa shape index (κ2) is 19.1. The average molecular weight is 984 g/mol. The molecule has 3 aromatic rings. The highest BCUT2D eigenvalue weighted by molar-refractivity contribution is 5.95. The third kappa shape index (κ3) is 7.85. The Bertz CT molecular complexity index is 2590. The van der Waals surface area contributed by atoms with Gasteiger partial charge in [0.25, 0.3) is 5.91 Å². The number of carbonyl (C=O) groups is 4. The molecule has 8 unspecified atom stereocenters. The van der Waals surface area contributed by atoms with Crippen LogP contribution < -0.4 is 26.0 Å². The van der Waals surface area contributed by atoms with Crippen LogP contribution in [-0.4, -0.2) is 174 Å². The molecular formula is C53H73N7O11. The molecule has 0 radical (unpaired) electrons. The van der Waals surface area contributed by atoms with Gasteiger partial charge in [-0.2, -0.15) is 0 Å². The highest BCUT2D eigenvalue weighted by Gasteiger charge is 2.78. The topological polar surface area (TPSA) is 252 Å². The number of nitrogens with two attached hydrogens (primary N) is 1. The number of carboxylic acids is 1. The second-order valence-electron chi connectivity index (χ2n) is 21.3. The van der Waals surface area contributed by atoms with Gasteiger partial charge in [0.15, 0.2) is 5.60 Å². The van der Waals surface area contributed by atoms with Crippen LogP contribution >= 0.6 is 0 Å². The van der Waals surface area contributed by atoms with Crippen LogP contribution in [0.2, 0.25) is 0 Å². The number of fused-ring (bicyclic) bond motifs is 6. The third-order valence-corrected chi connectivity index (χ3v) is 17.6. The van der Waals surface area contributed by atoms with E-state index in [0.717, 1.165) is 27.7 Å². The summed E-state index contributed by atoms with van der Waals surface area (Å²) in [4.78, 5) is 64.7. The molecule has 18 heteroatoms. The quantitative estimate of drug-likeness (QED) is 0.0581. The van der Waals surface area contributed by atoms with Crippen molar-refractivity contribution in [2.45, 2.75) is 124 Å². The number of nitrogens with zero attached hydrogens (tertiary/aromatic N) is 3. The van der Waals surface area contributed by atoms with E-state index >= 15 is 9.59 Å². The zero-order chi connectivity index (χ0) is 50.8. The van der Waals surface area contributed by atoms with Gasteiger partial charge in [-0.05, 0) is 101 Å². The van der Waals surface area contributed by atoms with E-state index in [1.54, 1.807) is 14.0 Å². The molecule has 6 aliphatic rings. The Hall–Kier alpha value is -5.08. The standard InChI is InChI=1S/C53H73N7O11/c1-7-49(67)27-32-28-52(48(66)70-6,41-34(16-22-59(29-32)30-49)33-13-9-10-14-38(33)57-41)36-25-35-39(26-40(36)69-5)58(4)45-51(35)18-23-60-21-11-17-50(8-2,44(51)60)46(64)53(45,68)47(65)56-19-12-24-71-43(63)31(3)55-20-15-37(54)42(61)62/h9-11,13-14,17,25-26,31-32,37,44-46,55,57,64,67-68H,7-8,12,15-16,18-24,27-30,54H2,1-6H3,(H,56,65)(H,61,62)/t31?,32?,37?,44?,45?,46-,49?,50-,51?,52+,53+/m1/s1. The largest absolute Gasteiger partial charge is 0.496 e. The molecule has 2 aromatic carbocycles. The van der Waals surface area contributed by atoms with Crippen LogP contribution in [0.1, 0.15) is 88.1 Å². The number of aliphatic hydroxyl groups excluding tert-OH is 1. The summed E-state index contributed by atoms with van der Waals surface area (Å²) in [6.45, 7) is 8.91. The van der Waals surface area contributed by atoms with Crippen molar-refractivity contribution in [3.63, 3.8) is 0 Å². The van der Waals surface area contributed by atoms with Crippen molar-refractivity contribution < 1.29 is 53.8 Å². The first kappa shape index (κ1) is 50.8. The molecule has 386 valence electrons. The summed E-state index contributed by atoms with van der Waals surface area (Å²) in [7, 11) is 4.85. The lowest BCUT2D eigenvalue weighted by molar-refractivity contribution is -0.203. The number of H-pyrrole nitrogens is 1. The summed E-state index contributed by atoms with van der Waals surface area (Å²) >= 11 is 0. The first-order chi connectivity index (χ1) is 33.9. The fourth-order valence-corrected chi connectivity index (χ4v) is 14.4. The summed E-state index contributed by atoms with van der Waals surface area (Å²) in [5, 5.41) is 54.4. The maximum atomic E-state index is 15.5. The highest BCUT2D eigenvalue weighted by atomic mass is 16.5. The molecule has 1 spiro atoms. The Morgan fingerprint density at radius 2 is 1.79 bits per heavy atom. The Labute approximate surface area is 415 Å². The number of amides is 1. The molecule has 3 fully saturated rings. The van der Waals surface area contributed by atoms with Crippen molar-refractivity contribution in [2.24, 2.45) is 17.1 Å². The number of carbonyl (C=O) groups excluding carboxylic acids is 3. The fraction of sp³-hybridized carbons (Fsp3) is 0.623. The number of esters is 2. The molecule has 1 amide bonds. The zero-order valence-corrected chi connectivity index (χ0v) is 42.0. The van der Waals surface area contributed by atoms with Gasteiger partial charge < -0.3 is 60.9 Å². The van der Waals surface area contributed by atoms with E-state index in [1.165, 1.54) is 7.11 Å². The number of aliphatic carboxylic acids is 1. The Morgan fingerprint density at radius 3 is 2.51 bits per heavy atom. The number of hydrogen-bond acceptors (Lipinski definition) is 15. The molecule has 1 aliphatic carbocycles. The molecule has 2 saturated heterocycles. The normalized spacial score (nSPS) is 33.6. The van der Waals surface area contributed by atoms with Gasteiger partial charge in [0.2, 0.25) is 0 Å². The number of aromatic amines is 1. The van der Waals surface area contributed by atoms with Crippen molar-refractivity contribution in [1.29, 1.82) is 0 Å². The summed E-state index contributed by atoms with van der Waals surface area (Å²) in [5.41, 5.74) is 3.49. The third-order valence-electron chi connectivity index (χ3n) is 17.6. The van der Waals surface area contributed by atoms with Gasteiger partial charge in [-0.25, -0.2) is 0 Å². The zero-order valence-electron chi connectivity index (χ0n) is 42.0. The van der Waals surface area contributed by atoms with E-state index in [0.29, 0.717) is 88.2 Å². The van der Waals surface area contributed by atoms with Gasteiger partial charge in [-0.1, -0.05) is 44.2 Å². The Balaban J connectivity index is 1.13. The lowest BCUT2D eigenvalue weighted by Gasteiger charge is -2.63. The predicted octanol–water partition coefficient (Wildman–Crippen LogP) is 2.08. The smallest absolute Gasteiger partial charge is 0.322 e. The van der Waals surface area contributed by atoms with Crippen LogP contribution in [0.15, 0.2) is 48.6 Å². The number of likely N-dealkylation sites (N-methyl/N-ethyl adjacent to an activating group) is 1. The number of ether oxygens (including phenoxy) is 3. The molecular weight excluding hydrogens is 911 g/mol. The number of para-hydroxylation sites is 1. The molecule has 71 heavy (non-hydrogen) atoms. The molecule has 9 N–H and O–H groups in total. The molecule has 12 atom stereocenters. The summed E-state index contributed by atoms with van der Waals surface area (Å²) < 4.78 is 17.8. The maximum Gasteiger partial charge on any atom is 0.322 e. The Morgan fingerprint density at radius 1 is 1.01 bits per heavy atom. The number of piperidine rings is 1. The number of hydrogen-bond donors (Lipinski definition) is 8. The molecule has 18 nitrogen and oxygen atoms in total. The van der Waals surface area contributed by atoms with E-state index in [9.17, 15) is 24.9 Å². The van der Waals surface area contributed by atoms with Gasteiger partial charge >= 0.3 is 17.9 Å². The van der Waals surface area contributed by atoms with Gasteiger partial charge in [-0.15, -0.1) is 0 Å². The molecule has 6 heterocycles. The van der Waals surface area contributed by atoms with Crippen molar-refractivity contribution in [1.82, 2.24) is 25.4 Å². The van der Waals surface area contributed by atoms with E-state index in [2.05, 4.69) is 37.6 Å². The van der Waals surface area contributed by atoms with Crippen LogP contribution in [-0.2, 0) is 45.9 Å². The van der Waals surface area contributed by atoms with E-state index in [1.807, 2.05) is 62.2 Å². The minimum atomic E-state index is -2.38. The lowest BCUT2D eigenvalue weighted by Crippen LogP contribution is -2.81. The first-order valence-electron chi connectivity index (χ1n) is 25.5. The minimum absolute atomic E-state index is 0.0233. The number of carboxylic acid groups (broad SMARTS) is 1. The van der Waals surface area contributed by atoms with Crippen molar-refractivity contribution in [2.75, 3.05) is 78.6 Å². The van der Waals surface area contributed by atoms with Crippen LogP contribution in [0.25, 0.3) is 10.9 Å². The molecule has 2 bridgehead atoms. The summed E-state index contributed by atoms with van der Waals surface area (Å²) in [6, 6.07) is 8.97. The number of nitrogens with one attached hydrogen (secondary N) is 3. The van der Waals surface area contributed by atoms with Crippen LogP contribution in [0.4, 0.5) is 5.69 Å². The number of aromatic nitrogens is 1. The fourth-order valence-electron chi connectivity index (χ4n) is 14.4. The molecule has 9 rings (SSSR count). The summed E-state index contributed by atoms with van der Waals surface area (Å²) in [5.74, 6) is -2.61. The Kier molecular flexibility index (Phi) is 13.7. The molecule has 5 aliphatic heterocycles. The highest BCUT2D eigenvalue weighted by Crippen LogP contribution is 2.67. The molecule has 1 saturated carbocycles. The van der Waals surface area contributed by atoms with Crippen LogP contribution in [0.3, 0.4) is 0 Å². The van der Waals surface area contributed by atoms with Gasteiger partial charge in [0.05, 0.1) is 32.5 Å². The van der Waals surface area contributed by atoms with Crippen molar-refractivity contribution in [3.8, 4) is 5.75 Å². The van der Waals surface area contributed by atoms with E-state index < -0.39 is 75.5 Å². The van der Waals surface area contributed by atoms with Crippen LogP contribution in [0, 0.1) is 11.3 Å². The second-order valence-corrected chi connectivity index (χ2v) is 21.3. The number of aliphatic hydroxyl groups is 3. The van der Waals surface area contributed by atoms with Crippen molar-refractivity contribution in [3.05, 3.63) is 70.9 Å². The first-order valence-corrected chi connectivity index (χ1v) is 25.5. The van der Waals surface area contributed by atoms with Crippen molar-refractivity contribution >= 4 is 40.4 Å².